The maximum absolute atomic E-state index is 12.7. The molecular formula is C14H17F3O2. The third-order valence-electron chi connectivity index (χ3n) is 3.64. The standard InChI is InChI=1S/C14H17F3O2/c1-8-7-9(5-6-10(8)18-4)11-13(2,3)12(19-11)14(15,16)17/h5-7,11-12H,1-4H3. The average molecular weight is 274 g/mol. The van der Waals surface area contributed by atoms with Crippen LogP contribution in [0, 0.1) is 12.3 Å². The summed E-state index contributed by atoms with van der Waals surface area (Å²) in [5, 5.41) is 0. The number of hydrogen-bond donors (Lipinski definition) is 0. The van der Waals surface area contributed by atoms with Crippen LogP contribution in [0.2, 0.25) is 0 Å². The Hall–Kier alpha value is -1.23. The number of benzene rings is 1. The fourth-order valence-electron chi connectivity index (χ4n) is 2.62. The van der Waals surface area contributed by atoms with Crippen molar-refractivity contribution in [3.63, 3.8) is 0 Å². The molecule has 2 atom stereocenters. The van der Waals surface area contributed by atoms with E-state index in [0.29, 0.717) is 5.75 Å². The van der Waals surface area contributed by atoms with Gasteiger partial charge in [-0.3, -0.25) is 0 Å². The maximum Gasteiger partial charge on any atom is 0.415 e. The second kappa shape index (κ2) is 4.40. The summed E-state index contributed by atoms with van der Waals surface area (Å²) in [5.41, 5.74) is 0.679. The van der Waals surface area contributed by atoms with Gasteiger partial charge in [-0.05, 0) is 30.2 Å². The van der Waals surface area contributed by atoms with Gasteiger partial charge in [-0.1, -0.05) is 19.9 Å². The summed E-state index contributed by atoms with van der Waals surface area (Å²) in [6.07, 6.45) is -6.56. The first-order valence-corrected chi connectivity index (χ1v) is 6.04. The van der Waals surface area contributed by atoms with Gasteiger partial charge in [-0.25, -0.2) is 0 Å². The van der Waals surface area contributed by atoms with Gasteiger partial charge in [0.05, 0.1) is 13.2 Å². The fourth-order valence-corrected chi connectivity index (χ4v) is 2.62. The zero-order valence-electron chi connectivity index (χ0n) is 11.3. The van der Waals surface area contributed by atoms with E-state index in [1.165, 1.54) is 0 Å². The van der Waals surface area contributed by atoms with Crippen LogP contribution in [0.4, 0.5) is 13.2 Å². The lowest BCUT2D eigenvalue weighted by molar-refractivity contribution is -0.351. The van der Waals surface area contributed by atoms with Gasteiger partial charge in [0.1, 0.15) is 5.75 Å². The van der Waals surface area contributed by atoms with Crippen molar-refractivity contribution in [2.75, 3.05) is 7.11 Å². The molecule has 0 saturated carbocycles. The van der Waals surface area contributed by atoms with E-state index in [-0.39, 0.29) is 0 Å². The van der Waals surface area contributed by atoms with Gasteiger partial charge in [0.15, 0.2) is 6.10 Å². The molecule has 106 valence electrons. The van der Waals surface area contributed by atoms with E-state index < -0.39 is 23.8 Å². The Balaban J connectivity index is 2.24. The van der Waals surface area contributed by atoms with Crippen LogP contribution in [0.15, 0.2) is 18.2 Å². The third-order valence-corrected chi connectivity index (χ3v) is 3.64. The molecule has 0 aliphatic carbocycles. The van der Waals surface area contributed by atoms with Crippen molar-refractivity contribution in [3.05, 3.63) is 29.3 Å². The van der Waals surface area contributed by atoms with Crippen molar-refractivity contribution in [3.8, 4) is 5.75 Å². The first-order chi connectivity index (χ1) is 8.67. The Kier molecular flexibility index (Phi) is 3.29. The molecule has 1 heterocycles. The van der Waals surface area contributed by atoms with Crippen LogP contribution >= 0.6 is 0 Å². The van der Waals surface area contributed by atoms with E-state index in [0.717, 1.165) is 11.1 Å². The summed E-state index contributed by atoms with van der Waals surface area (Å²) in [6.45, 7) is 5.02. The summed E-state index contributed by atoms with van der Waals surface area (Å²) in [4.78, 5) is 0. The highest BCUT2D eigenvalue weighted by molar-refractivity contribution is 5.38. The van der Waals surface area contributed by atoms with E-state index >= 15 is 0 Å². The molecule has 1 aromatic carbocycles. The lowest BCUT2D eigenvalue weighted by atomic mass is 9.72. The minimum atomic E-state index is -4.32. The predicted molar refractivity (Wildman–Crippen MR) is 65.2 cm³/mol. The molecule has 0 N–H and O–H groups in total. The van der Waals surface area contributed by atoms with Crippen molar-refractivity contribution in [1.29, 1.82) is 0 Å². The zero-order chi connectivity index (χ0) is 14.4. The second-order valence-electron chi connectivity index (χ2n) is 5.49. The molecule has 1 aromatic rings. The van der Waals surface area contributed by atoms with Crippen LogP contribution in [0.3, 0.4) is 0 Å². The Morgan fingerprint density at radius 3 is 2.32 bits per heavy atom. The SMILES string of the molecule is COc1ccc(C2OC(C(F)(F)F)C2(C)C)cc1C. The van der Waals surface area contributed by atoms with Gasteiger partial charge in [0, 0.05) is 5.41 Å². The summed E-state index contributed by atoms with van der Waals surface area (Å²) < 4.78 is 48.4. The number of rotatable bonds is 2. The smallest absolute Gasteiger partial charge is 0.415 e. The minimum Gasteiger partial charge on any atom is -0.496 e. The summed E-state index contributed by atoms with van der Waals surface area (Å²) in [5.74, 6) is 0.716. The largest absolute Gasteiger partial charge is 0.496 e. The van der Waals surface area contributed by atoms with Gasteiger partial charge in [-0.15, -0.1) is 0 Å². The second-order valence-corrected chi connectivity index (χ2v) is 5.49. The molecule has 0 amide bonds. The third kappa shape index (κ3) is 2.31. The van der Waals surface area contributed by atoms with Gasteiger partial charge in [-0.2, -0.15) is 13.2 Å². The molecule has 1 aliphatic rings. The molecule has 0 bridgehead atoms. The molecule has 1 fully saturated rings. The predicted octanol–water partition coefficient (Wildman–Crippen LogP) is 4.03. The lowest BCUT2D eigenvalue weighted by Crippen LogP contribution is -2.57. The highest BCUT2D eigenvalue weighted by Crippen LogP contribution is 2.56. The number of aryl methyl sites for hydroxylation is 1. The van der Waals surface area contributed by atoms with Gasteiger partial charge in [0.25, 0.3) is 0 Å². The van der Waals surface area contributed by atoms with Gasteiger partial charge < -0.3 is 9.47 Å². The topological polar surface area (TPSA) is 18.5 Å². The van der Waals surface area contributed by atoms with Crippen LogP contribution in [-0.2, 0) is 4.74 Å². The Labute approximate surface area is 110 Å². The minimum absolute atomic E-state index is 0.538. The molecule has 2 rings (SSSR count). The quantitative estimate of drug-likeness (QED) is 0.810. The van der Waals surface area contributed by atoms with E-state index in [2.05, 4.69) is 0 Å². The van der Waals surface area contributed by atoms with Crippen molar-refractivity contribution >= 4 is 0 Å². The van der Waals surface area contributed by atoms with E-state index in [9.17, 15) is 13.2 Å². The van der Waals surface area contributed by atoms with Crippen LogP contribution in [0.5, 0.6) is 5.75 Å². The van der Waals surface area contributed by atoms with Crippen LogP contribution in [-0.4, -0.2) is 19.4 Å². The highest BCUT2D eigenvalue weighted by Gasteiger charge is 2.62. The van der Waals surface area contributed by atoms with Crippen LogP contribution in [0.1, 0.15) is 31.1 Å². The Morgan fingerprint density at radius 2 is 1.89 bits per heavy atom. The summed E-state index contributed by atoms with van der Waals surface area (Å²) in [6, 6.07) is 5.33. The van der Waals surface area contributed by atoms with E-state index in [1.54, 1.807) is 33.1 Å². The number of alkyl halides is 3. The molecule has 1 saturated heterocycles. The molecular weight excluding hydrogens is 257 g/mol. The molecule has 0 spiro atoms. The number of methoxy groups -OCH3 is 1. The Morgan fingerprint density at radius 1 is 1.26 bits per heavy atom. The first-order valence-electron chi connectivity index (χ1n) is 6.04. The molecule has 1 aliphatic heterocycles. The van der Waals surface area contributed by atoms with Crippen molar-refractivity contribution in [1.82, 2.24) is 0 Å². The van der Waals surface area contributed by atoms with Crippen molar-refractivity contribution in [2.45, 2.75) is 39.2 Å². The van der Waals surface area contributed by atoms with E-state index in [4.69, 9.17) is 9.47 Å². The summed E-state index contributed by atoms with van der Waals surface area (Å²) in [7, 11) is 1.56. The highest BCUT2D eigenvalue weighted by atomic mass is 19.4. The molecule has 5 heteroatoms. The van der Waals surface area contributed by atoms with E-state index in [1.807, 2.05) is 13.0 Å². The molecule has 19 heavy (non-hydrogen) atoms. The summed E-state index contributed by atoms with van der Waals surface area (Å²) >= 11 is 0. The first kappa shape index (κ1) is 14.2. The van der Waals surface area contributed by atoms with Gasteiger partial charge >= 0.3 is 6.18 Å². The number of halogens is 3. The number of hydrogen-bond acceptors (Lipinski definition) is 2. The molecule has 0 radical (unpaired) electrons. The van der Waals surface area contributed by atoms with Crippen molar-refractivity contribution in [2.24, 2.45) is 5.41 Å². The zero-order valence-corrected chi connectivity index (χ0v) is 11.3. The average Bonchev–Trinajstić information content (AvgIpc) is 2.26. The normalized spacial score (nSPS) is 25.8. The molecule has 0 aromatic heterocycles. The maximum atomic E-state index is 12.7. The number of ether oxygens (including phenoxy) is 2. The monoisotopic (exact) mass is 274 g/mol. The molecule has 2 nitrogen and oxygen atoms in total. The lowest BCUT2D eigenvalue weighted by Gasteiger charge is -2.52. The van der Waals surface area contributed by atoms with Crippen LogP contribution in [0.25, 0.3) is 0 Å². The molecule has 2 unspecified atom stereocenters. The fraction of sp³-hybridized carbons (Fsp3) is 0.571. The van der Waals surface area contributed by atoms with Crippen LogP contribution < -0.4 is 4.74 Å². The Bertz CT molecular complexity index is 480. The van der Waals surface area contributed by atoms with Gasteiger partial charge in [0.2, 0.25) is 0 Å². The van der Waals surface area contributed by atoms with Crippen molar-refractivity contribution < 1.29 is 22.6 Å².